The van der Waals surface area contributed by atoms with E-state index in [0.29, 0.717) is 11.4 Å². The summed E-state index contributed by atoms with van der Waals surface area (Å²) < 4.78 is 0. The highest BCUT2D eigenvalue weighted by Crippen LogP contribution is 2.22. The van der Waals surface area contributed by atoms with Crippen LogP contribution in [0, 0.1) is 0 Å². The summed E-state index contributed by atoms with van der Waals surface area (Å²) in [7, 11) is 0. The molecule has 4 heteroatoms. The number of hydrogen-bond acceptors (Lipinski definition) is 4. The first-order valence-corrected chi connectivity index (χ1v) is 5.79. The molecule has 0 unspecified atom stereocenters. The van der Waals surface area contributed by atoms with Crippen molar-refractivity contribution in [3.63, 3.8) is 0 Å². The summed E-state index contributed by atoms with van der Waals surface area (Å²) in [5.74, 6) is 0. The van der Waals surface area contributed by atoms with E-state index in [1.165, 1.54) is 24.0 Å². The Hall–Kier alpha value is -1.84. The summed E-state index contributed by atoms with van der Waals surface area (Å²) in [5.41, 5.74) is 4.10. The molecule has 2 N–H and O–H groups in total. The minimum atomic E-state index is 0.309. The van der Waals surface area contributed by atoms with E-state index in [9.17, 15) is 0 Å². The number of oxime groups is 2. The predicted octanol–water partition coefficient (Wildman–Crippen LogP) is 2.59. The van der Waals surface area contributed by atoms with Crippen LogP contribution in [0.3, 0.4) is 0 Å². The third-order valence-corrected chi connectivity index (χ3v) is 3.21. The van der Waals surface area contributed by atoms with Gasteiger partial charge in [-0.2, -0.15) is 0 Å². The molecule has 17 heavy (non-hydrogen) atoms. The monoisotopic (exact) mass is 232 g/mol. The van der Waals surface area contributed by atoms with E-state index in [4.69, 9.17) is 10.4 Å². The summed E-state index contributed by atoms with van der Waals surface area (Å²) in [6, 6.07) is 6.01. The Bertz CT molecular complexity index is 478. The number of nitrogens with zero attached hydrogens (tertiary/aromatic N) is 2. The van der Waals surface area contributed by atoms with Gasteiger partial charge in [0.05, 0.1) is 0 Å². The molecule has 1 aliphatic carbocycles. The zero-order chi connectivity index (χ0) is 12.3. The molecule has 0 heterocycles. The first-order valence-electron chi connectivity index (χ1n) is 5.79. The molecule has 0 aliphatic heterocycles. The third kappa shape index (κ3) is 2.30. The lowest BCUT2D eigenvalue weighted by Crippen LogP contribution is -2.14. The van der Waals surface area contributed by atoms with Gasteiger partial charge in [0.15, 0.2) is 0 Å². The van der Waals surface area contributed by atoms with E-state index < -0.39 is 0 Å². The molecule has 1 aromatic carbocycles. The van der Waals surface area contributed by atoms with Crippen LogP contribution < -0.4 is 0 Å². The maximum absolute atomic E-state index is 8.98. The van der Waals surface area contributed by atoms with Crippen molar-refractivity contribution in [3.05, 3.63) is 34.9 Å². The number of benzene rings is 1. The molecule has 0 fully saturated rings. The van der Waals surface area contributed by atoms with Crippen LogP contribution in [-0.2, 0) is 12.8 Å². The van der Waals surface area contributed by atoms with Gasteiger partial charge in [-0.25, -0.2) is 0 Å². The quantitative estimate of drug-likeness (QED) is 0.467. The van der Waals surface area contributed by atoms with Crippen molar-refractivity contribution in [1.29, 1.82) is 0 Å². The van der Waals surface area contributed by atoms with Crippen molar-refractivity contribution in [2.24, 2.45) is 10.3 Å². The smallest absolute Gasteiger partial charge is 0.134 e. The van der Waals surface area contributed by atoms with Crippen LogP contribution >= 0.6 is 0 Å². The highest BCUT2D eigenvalue weighted by Gasteiger charge is 2.14. The van der Waals surface area contributed by atoms with E-state index in [1.807, 2.05) is 12.1 Å². The predicted molar refractivity (Wildman–Crippen MR) is 66.3 cm³/mol. The largest absolute Gasteiger partial charge is 0.411 e. The lowest BCUT2D eigenvalue weighted by atomic mass is 9.89. The summed E-state index contributed by atoms with van der Waals surface area (Å²) >= 11 is 0. The van der Waals surface area contributed by atoms with Crippen molar-refractivity contribution >= 4 is 11.4 Å². The minimum absolute atomic E-state index is 0.309. The fourth-order valence-corrected chi connectivity index (χ4v) is 2.27. The first-order chi connectivity index (χ1) is 8.26. The molecule has 0 bridgehead atoms. The molecule has 0 aromatic heterocycles. The van der Waals surface area contributed by atoms with Crippen LogP contribution in [0.4, 0.5) is 0 Å². The zero-order valence-corrected chi connectivity index (χ0v) is 9.85. The molecule has 90 valence electrons. The molecule has 0 spiro atoms. The highest BCUT2D eigenvalue weighted by atomic mass is 16.4. The van der Waals surface area contributed by atoms with Crippen LogP contribution in [0.5, 0.6) is 0 Å². The lowest BCUT2D eigenvalue weighted by Gasteiger charge is -2.16. The summed E-state index contributed by atoms with van der Waals surface area (Å²) in [6.07, 6.45) is 4.63. The average Bonchev–Trinajstić information content (AvgIpc) is 2.39. The number of hydrogen-bond donors (Lipinski definition) is 2. The third-order valence-electron chi connectivity index (χ3n) is 3.21. The van der Waals surface area contributed by atoms with Crippen molar-refractivity contribution in [2.45, 2.75) is 32.6 Å². The second-order valence-electron chi connectivity index (χ2n) is 4.32. The van der Waals surface area contributed by atoms with Crippen molar-refractivity contribution < 1.29 is 10.4 Å². The lowest BCUT2D eigenvalue weighted by molar-refractivity contribution is 0.314. The fourth-order valence-electron chi connectivity index (χ4n) is 2.27. The van der Waals surface area contributed by atoms with E-state index >= 15 is 0 Å². The van der Waals surface area contributed by atoms with Crippen LogP contribution in [0.1, 0.15) is 36.5 Å². The molecule has 0 radical (unpaired) electrons. The molecule has 4 nitrogen and oxygen atoms in total. The van der Waals surface area contributed by atoms with Gasteiger partial charge in [-0.05, 0) is 49.8 Å². The minimum Gasteiger partial charge on any atom is -0.411 e. The molecule has 1 aliphatic rings. The van der Waals surface area contributed by atoms with Gasteiger partial charge >= 0.3 is 0 Å². The van der Waals surface area contributed by atoms with Gasteiger partial charge < -0.3 is 10.4 Å². The van der Waals surface area contributed by atoms with Gasteiger partial charge in [0.2, 0.25) is 0 Å². The Morgan fingerprint density at radius 2 is 1.76 bits per heavy atom. The molecular weight excluding hydrogens is 216 g/mol. The normalized spacial score (nSPS) is 16.8. The highest BCUT2D eigenvalue weighted by molar-refractivity contribution is 6.47. The van der Waals surface area contributed by atoms with E-state index in [0.717, 1.165) is 18.4 Å². The van der Waals surface area contributed by atoms with Gasteiger partial charge in [-0.1, -0.05) is 22.4 Å². The first kappa shape index (κ1) is 11.6. The van der Waals surface area contributed by atoms with Crippen LogP contribution in [0.2, 0.25) is 0 Å². The topological polar surface area (TPSA) is 65.2 Å². The van der Waals surface area contributed by atoms with Gasteiger partial charge in [0.25, 0.3) is 0 Å². The summed E-state index contributed by atoms with van der Waals surface area (Å²) in [4.78, 5) is 0. The number of aryl methyl sites for hydroxylation is 2. The van der Waals surface area contributed by atoms with E-state index in [2.05, 4.69) is 16.4 Å². The number of rotatable bonds is 2. The maximum atomic E-state index is 8.98. The second-order valence-corrected chi connectivity index (χ2v) is 4.32. The molecule has 0 atom stereocenters. The Labute approximate surface area is 100 Å². The SMILES string of the molecule is CC(=NO)C(=NO)c1ccc2c(c1)CCCC2. The van der Waals surface area contributed by atoms with Crippen LogP contribution in [0.15, 0.2) is 28.5 Å². The van der Waals surface area contributed by atoms with Crippen molar-refractivity contribution in [1.82, 2.24) is 0 Å². The van der Waals surface area contributed by atoms with Gasteiger partial charge in [0, 0.05) is 5.56 Å². The Kier molecular flexibility index (Phi) is 3.42. The fraction of sp³-hybridized carbons (Fsp3) is 0.385. The van der Waals surface area contributed by atoms with Crippen molar-refractivity contribution in [3.8, 4) is 0 Å². The Balaban J connectivity index is 2.40. The average molecular weight is 232 g/mol. The molecule has 0 saturated heterocycles. The van der Waals surface area contributed by atoms with Crippen molar-refractivity contribution in [2.75, 3.05) is 0 Å². The van der Waals surface area contributed by atoms with Crippen LogP contribution in [-0.4, -0.2) is 21.8 Å². The van der Waals surface area contributed by atoms with Gasteiger partial charge in [-0.15, -0.1) is 0 Å². The molecular formula is C13H16N2O2. The number of fused-ring (bicyclic) bond motifs is 1. The van der Waals surface area contributed by atoms with E-state index in [-0.39, 0.29) is 0 Å². The summed E-state index contributed by atoms with van der Waals surface area (Å²) in [5, 5.41) is 24.0. The molecule has 2 rings (SSSR count). The molecule has 1 aromatic rings. The maximum Gasteiger partial charge on any atom is 0.134 e. The molecule has 0 amide bonds. The summed E-state index contributed by atoms with van der Waals surface area (Å²) in [6.45, 7) is 1.61. The zero-order valence-electron chi connectivity index (χ0n) is 9.85. The van der Waals surface area contributed by atoms with E-state index in [1.54, 1.807) is 6.92 Å². The Morgan fingerprint density at radius 3 is 2.41 bits per heavy atom. The standard InChI is InChI=1S/C13H16N2O2/c1-9(14-16)13(15-17)12-7-6-10-4-2-3-5-11(10)8-12/h6-8,16-17H,2-5H2,1H3. The second kappa shape index (κ2) is 4.99. The van der Waals surface area contributed by atoms with Crippen LogP contribution in [0.25, 0.3) is 0 Å². The molecule has 0 saturated carbocycles. The van der Waals surface area contributed by atoms with Gasteiger partial charge in [-0.3, -0.25) is 0 Å². The Morgan fingerprint density at radius 1 is 1.06 bits per heavy atom. The van der Waals surface area contributed by atoms with Gasteiger partial charge in [0.1, 0.15) is 11.4 Å².